The molecule has 0 saturated carbocycles. The average molecular weight is 240 g/mol. The summed E-state index contributed by atoms with van der Waals surface area (Å²) >= 11 is 0. The molecular formula is C10H16N4O3. The van der Waals surface area contributed by atoms with Gasteiger partial charge in [-0.15, -0.1) is 0 Å². The number of nitrogens with zero attached hydrogens (tertiary/aromatic N) is 3. The molecule has 0 bridgehead atoms. The summed E-state index contributed by atoms with van der Waals surface area (Å²) in [5.74, 6) is 0.0769. The van der Waals surface area contributed by atoms with Crippen LogP contribution in [0.3, 0.4) is 0 Å². The largest absolute Gasteiger partial charge is 0.474 e. The van der Waals surface area contributed by atoms with Crippen LogP contribution < -0.4 is 10.5 Å². The van der Waals surface area contributed by atoms with Gasteiger partial charge >= 0.3 is 0 Å². The van der Waals surface area contributed by atoms with Crippen LogP contribution in [-0.4, -0.2) is 40.3 Å². The van der Waals surface area contributed by atoms with Crippen molar-refractivity contribution >= 4 is 5.84 Å². The molecule has 1 aromatic rings. The van der Waals surface area contributed by atoms with Crippen molar-refractivity contribution in [3.05, 3.63) is 18.1 Å². The quantitative estimate of drug-likeness (QED) is 0.245. The Labute approximate surface area is 99.3 Å². The van der Waals surface area contributed by atoms with E-state index >= 15 is 0 Å². The van der Waals surface area contributed by atoms with Crippen LogP contribution in [-0.2, 0) is 4.74 Å². The van der Waals surface area contributed by atoms with Gasteiger partial charge in [0.15, 0.2) is 11.5 Å². The van der Waals surface area contributed by atoms with E-state index < -0.39 is 0 Å². The van der Waals surface area contributed by atoms with Gasteiger partial charge in [-0.2, -0.15) is 0 Å². The Balaban J connectivity index is 2.58. The van der Waals surface area contributed by atoms with Crippen molar-refractivity contribution in [2.24, 2.45) is 10.9 Å². The van der Waals surface area contributed by atoms with Gasteiger partial charge in [-0.3, -0.25) is 0 Å². The molecule has 7 nitrogen and oxygen atoms in total. The van der Waals surface area contributed by atoms with Crippen molar-refractivity contribution in [1.29, 1.82) is 0 Å². The number of oxime groups is 1. The van der Waals surface area contributed by atoms with Gasteiger partial charge < -0.3 is 20.4 Å². The summed E-state index contributed by atoms with van der Waals surface area (Å²) in [7, 11) is 0. The van der Waals surface area contributed by atoms with Crippen LogP contribution in [0.2, 0.25) is 0 Å². The van der Waals surface area contributed by atoms with Gasteiger partial charge in [0.2, 0.25) is 5.88 Å². The summed E-state index contributed by atoms with van der Waals surface area (Å²) in [6.45, 7) is 4.63. The standard InChI is InChI=1S/C10H16N4O3/c1-7(2)16-5-6-17-10-8(9(11)14-15)12-3-4-13-10/h3-4,7,15H,5-6H2,1-2H3,(H2,11,14). The van der Waals surface area contributed by atoms with E-state index in [1.807, 2.05) is 13.8 Å². The molecule has 0 radical (unpaired) electrons. The molecule has 0 aromatic carbocycles. The Kier molecular flexibility index (Phi) is 5.15. The number of hydrogen-bond acceptors (Lipinski definition) is 6. The highest BCUT2D eigenvalue weighted by atomic mass is 16.5. The Morgan fingerprint density at radius 2 is 2.12 bits per heavy atom. The van der Waals surface area contributed by atoms with E-state index in [2.05, 4.69) is 15.1 Å². The van der Waals surface area contributed by atoms with Crippen molar-refractivity contribution in [3.63, 3.8) is 0 Å². The molecular weight excluding hydrogens is 224 g/mol. The summed E-state index contributed by atoms with van der Waals surface area (Å²) in [4.78, 5) is 7.87. The van der Waals surface area contributed by atoms with Crippen LogP contribution in [0.5, 0.6) is 5.88 Å². The minimum atomic E-state index is -0.141. The van der Waals surface area contributed by atoms with E-state index in [0.29, 0.717) is 13.2 Å². The number of ether oxygens (including phenoxy) is 2. The number of hydrogen-bond donors (Lipinski definition) is 2. The highest BCUT2D eigenvalue weighted by molar-refractivity contribution is 5.97. The molecule has 0 aliphatic rings. The van der Waals surface area contributed by atoms with Gasteiger partial charge in [-0.1, -0.05) is 5.16 Å². The molecule has 1 rings (SSSR count). The monoisotopic (exact) mass is 240 g/mol. The molecule has 0 aliphatic heterocycles. The lowest BCUT2D eigenvalue weighted by atomic mass is 10.4. The van der Waals surface area contributed by atoms with Crippen LogP contribution in [0.15, 0.2) is 17.5 Å². The molecule has 94 valence electrons. The minimum absolute atomic E-state index is 0.141. The number of rotatable bonds is 6. The number of aromatic nitrogens is 2. The summed E-state index contributed by atoms with van der Waals surface area (Å²) < 4.78 is 10.6. The highest BCUT2D eigenvalue weighted by Gasteiger charge is 2.10. The lowest BCUT2D eigenvalue weighted by Crippen LogP contribution is -2.19. The normalized spacial score (nSPS) is 11.8. The molecule has 0 amide bonds. The maximum absolute atomic E-state index is 8.57. The van der Waals surface area contributed by atoms with Crippen LogP contribution in [0.4, 0.5) is 0 Å². The van der Waals surface area contributed by atoms with Crippen LogP contribution in [0, 0.1) is 0 Å². The van der Waals surface area contributed by atoms with E-state index in [9.17, 15) is 0 Å². The maximum Gasteiger partial charge on any atom is 0.244 e. The fraction of sp³-hybridized carbons (Fsp3) is 0.500. The molecule has 17 heavy (non-hydrogen) atoms. The second-order valence-corrected chi connectivity index (χ2v) is 3.46. The summed E-state index contributed by atoms with van der Waals surface area (Å²) in [5.41, 5.74) is 5.64. The van der Waals surface area contributed by atoms with Gasteiger partial charge in [-0.25, -0.2) is 9.97 Å². The van der Waals surface area contributed by atoms with Crippen molar-refractivity contribution < 1.29 is 14.7 Å². The van der Waals surface area contributed by atoms with Gasteiger partial charge in [0.05, 0.1) is 12.7 Å². The first-order chi connectivity index (χ1) is 8.15. The third-order valence-electron chi connectivity index (χ3n) is 1.79. The first-order valence-electron chi connectivity index (χ1n) is 5.18. The molecule has 1 aromatic heterocycles. The zero-order valence-electron chi connectivity index (χ0n) is 9.83. The van der Waals surface area contributed by atoms with Crippen LogP contribution in [0.1, 0.15) is 19.5 Å². The molecule has 0 spiro atoms. The summed E-state index contributed by atoms with van der Waals surface area (Å²) in [6, 6.07) is 0. The highest BCUT2D eigenvalue weighted by Crippen LogP contribution is 2.10. The average Bonchev–Trinajstić information content (AvgIpc) is 2.34. The van der Waals surface area contributed by atoms with E-state index in [1.165, 1.54) is 12.4 Å². The third kappa shape index (κ3) is 4.23. The molecule has 7 heteroatoms. The predicted octanol–water partition coefficient (Wildman–Crippen LogP) is 0.375. The Morgan fingerprint density at radius 3 is 2.76 bits per heavy atom. The zero-order valence-corrected chi connectivity index (χ0v) is 9.83. The third-order valence-corrected chi connectivity index (χ3v) is 1.79. The summed E-state index contributed by atoms with van der Waals surface area (Å²) in [6.07, 6.45) is 3.04. The second-order valence-electron chi connectivity index (χ2n) is 3.46. The SMILES string of the molecule is CC(C)OCCOc1nccnc1C(N)=NO. The Bertz CT molecular complexity index is 382. The maximum atomic E-state index is 8.57. The van der Waals surface area contributed by atoms with Crippen molar-refractivity contribution in [1.82, 2.24) is 9.97 Å². The van der Waals surface area contributed by atoms with E-state index in [4.69, 9.17) is 20.4 Å². The van der Waals surface area contributed by atoms with Crippen molar-refractivity contribution in [3.8, 4) is 5.88 Å². The fourth-order valence-electron chi connectivity index (χ4n) is 1.08. The molecule has 0 unspecified atom stereocenters. The van der Waals surface area contributed by atoms with Gasteiger partial charge in [0.25, 0.3) is 0 Å². The van der Waals surface area contributed by atoms with E-state index in [1.54, 1.807) is 0 Å². The van der Waals surface area contributed by atoms with Gasteiger partial charge in [-0.05, 0) is 13.8 Å². The van der Waals surface area contributed by atoms with Gasteiger partial charge in [0.1, 0.15) is 6.61 Å². The molecule has 3 N–H and O–H groups in total. The minimum Gasteiger partial charge on any atom is -0.474 e. The second kappa shape index (κ2) is 6.64. The zero-order chi connectivity index (χ0) is 12.7. The molecule has 0 aliphatic carbocycles. The molecule has 0 saturated heterocycles. The number of nitrogens with two attached hydrogens (primary N) is 1. The van der Waals surface area contributed by atoms with Gasteiger partial charge in [0, 0.05) is 12.4 Å². The summed E-state index contributed by atoms with van der Waals surface area (Å²) in [5, 5.41) is 11.4. The van der Waals surface area contributed by atoms with Crippen molar-refractivity contribution in [2.75, 3.05) is 13.2 Å². The van der Waals surface area contributed by atoms with Crippen molar-refractivity contribution in [2.45, 2.75) is 20.0 Å². The van der Waals surface area contributed by atoms with Crippen LogP contribution >= 0.6 is 0 Å². The lowest BCUT2D eigenvalue weighted by molar-refractivity contribution is 0.0541. The number of amidine groups is 1. The van der Waals surface area contributed by atoms with E-state index in [0.717, 1.165) is 0 Å². The molecule has 0 fully saturated rings. The lowest BCUT2D eigenvalue weighted by Gasteiger charge is -2.10. The van der Waals surface area contributed by atoms with E-state index in [-0.39, 0.29) is 23.5 Å². The molecule has 1 heterocycles. The molecule has 0 atom stereocenters. The topological polar surface area (TPSA) is 103 Å². The van der Waals surface area contributed by atoms with Crippen LogP contribution in [0.25, 0.3) is 0 Å². The Morgan fingerprint density at radius 1 is 1.41 bits per heavy atom. The first kappa shape index (κ1) is 13.2. The predicted molar refractivity (Wildman–Crippen MR) is 61.1 cm³/mol. The smallest absolute Gasteiger partial charge is 0.244 e. The Hall–Kier alpha value is -1.89. The fourth-order valence-corrected chi connectivity index (χ4v) is 1.08. The first-order valence-corrected chi connectivity index (χ1v) is 5.18.